The Morgan fingerprint density at radius 2 is 1.82 bits per heavy atom. The van der Waals surface area contributed by atoms with Crippen molar-refractivity contribution in [2.24, 2.45) is 5.73 Å². The fourth-order valence-corrected chi connectivity index (χ4v) is 4.60. The van der Waals surface area contributed by atoms with Crippen LogP contribution in [-0.2, 0) is 16.1 Å². The summed E-state index contributed by atoms with van der Waals surface area (Å²) >= 11 is 12.8. The van der Waals surface area contributed by atoms with Crippen molar-refractivity contribution < 1.29 is 23.8 Å². The van der Waals surface area contributed by atoms with E-state index in [1.54, 1.807) is 37.4 Å². The predicted molar refractivity (Wildman–Crippen MR) is 156 cm³/mol. The highest BCUT2D eigenvalue weighted by molar-refractivity contribution is 6.34. The van der Waals surface area contributed by atoms with Gasteiger partial charge in [-0.25, -0.2) is 4.98 Å². The molecule has 3 N–H and O–H groups in total. The van der Waals surface area contributed by atoms with Gasteiger partial charge in [0.25, 0.3) is 11.8 Å². The lowest BCUT2D eigenvalue weighted by Crippen LogP contribution is -2.16. The highest BCUT2D eigenvalue weighted by atomic mass is 35.5. The molecule has 40 heavy (non-hydrogen) atoms. The molecule has 4 aromatic rings. The molecule has 1 heterocycles. The van der Waals surface area contributed by atoms with Crippen LogP contribution in [0.1, 0.15) is 46.0 Å². The van der Waals surface area contributed by atoms with Crippen molar-refractivity contribution in [3.8, 4) is 11.4 Å². The standard InChI is InChI=1S/C29H30Cl2N4O5/c1-16(2)39-10-11-40-19-8-9-23(31)20(14-19)29(37)33-18-12-21(28(32)36)27-25(13-18)35(26(34-27)15-38-4)24-7-5-6-22(30)17(24)3/h5-9,12-14,16H,10-11,15H2,1-4H3,(H2,32,36)(H,33,37). The van der Waals surface area contributed by atoms with Crippen LogP contribution in [0.2, 0.25) is 10.0 Å². The molecule has 0 radical (unpaired) electrons. The number of ether oxygens (including phenoxy) is 3. The van der Waals surface area contributed by atoms with Gasteiger partial charge in [0, 0.05) is 17.8 Å². The average molecular weight is 585 g/mol. The van der Waals surface area contributed by atoms with Crippen LogP contribution in [0, 0.1) is 6.92 Å². The summed E-state index contributed by atoms with van der Waals surface area (Å²) in [4.78, 5) is 30.5. The molecule has 1 aromatic heterocycles. The van der Waals surface area contributed by atoms with Gasteiger partial charge in [0.2, 0.25) is 0 Å². The number of nitrogens with two attached hydrogens (primary N) is 1. The van der Waals surface area contributed by atoms with Crippen LogP contribution >= 0.6 is 23.2 Å². The summed E-state index contributed by atoms with van der Waals surface area (Å²) in [5.41, 5.74) is 8.85. The first-order valence-corrected chi connectivity index (χ1v) is 13.3. The Balaban J connectivity index is 1.74. The number of hydrogen-bond donors (Lipinski definition) is 2. The molecule has 4 rings (SSSR count). The number of carbonyl (C=O) groups excluding carboxylic acids is 2. The van der Waals surface area contributed by atoms with Gasteiger partial charge in [-0.15, -0.1) is 0 Å². The van der Waals surface area contributed by atoms with Crippen molar-refractivity contribution >= 4 is 51.7 Å². The summed E-state index contributed by atoms with van der Waals surface area (Å²) in [6.45, 7) is 6.64. The summed E-state index contributed by atoms with van der Waals surface area (Å²) in [5.74, 6) is -0.197. The molecule has 11 heteroatoms. The summed E-state index contributed by atoms with van der Waals surface area (Å²) in [6.07, 6.45) is 0.0856. The fraction of sp³-hybridized carbons (Fsp3) is 0.276. The van der Waals surface area contributed by atoms with E-state index in [2.05, 4.69) is 10.3 Å². The summed E-state index contributed by atoms with van der Waals surface area (Å²) in [6, 6.07) is 13.5. The minimum atomic E-state index is -0.699. The number of aromatic nitrogens is 2. The normalized spacial score (nSPS) is 11.3. The zero-order valence-corrected chi connectivity index (χ0v) is 24.1. The SMILES string of the molecule is COCc1nc2c(C(N)=O)cc(NC(=O)c3cc(OCCOC(C)C)ccc3Cl)cc2n1-c1cccc(Cl)c1C. The van der Waals surface area contributed by atoms with Crippen molar-refractivity contribution in [2.75, 3.05) is 25.6 Å². The maximum atomic E-state index is 13.3. The van der Waals surface area contributed by atoms with E-state index in [0.717, 1.165) is 11.3 Å². The zero-order valence-electron chi connectivity index (χ0n) is 22.6. The number of hydrogen-bond acceptors (Lipinski definition) is 6. The quantitative estimate of drug-likeness (QED) is 0.210. The summed E-state index contributed by atoms with van der Waals surface area (Å²) in [5, 5.41) is 3.63. The van der Waals surface area contributed by atoms with Crippen LogP contribution in [-0.4, -0.2) is 47.8 Å². The zero-order chi connectivity index (χ0) is 29.0. The van der Waals surface area contributed by atoms with Gasteiger partial charge in [-0.05, 0) is 68.8 Å². The third-order valence-electron chi connectivity index (χ3n) is 6.09. The monoisotopic (exact) mass is 584 g/mol. The smallest absolute Gasteiger partial charge is 0.257 e. The van der Waals surface area contributed by atoms with Gasteiger partial charge in [0.15, 0.2) is 0 Å². The lowest BCUT2D eigenvalue weighted by molar-refractivity contribution is 0.0552. The van der Waals surface area contributed by atoms with E-state index in [9.17, 15) is 9.59 Å². The Bertz CT molecular complexity index is 1570. The molecule has 2 amide bonds. The van der Waals surface area contributed by atoms with Gasteiger partial charge < -0.3 is 25.3 Å². The van der Waals surface area contributed by atoms with Gasteiger partial charge in [0.05, 0.1) is 40.1 Å². The Labute approximate surface area is 242 Å². The van der Waals surface area contributed by atoms with Crippen LogP contribution in [0.25, 0.3) is 16.7 Å². The minimum absolute atomic E-state index is 0.0856. The van der Waals surface area contributed by atoms with Gasteiger partial charge >= 0.3 is 0 Å². The Hall–Kier alpha value is -3.63. The third-order valence-corrected chi connectivity index (χ3v) is 6.83. The van der Waals surface area contributed by atoms with Crippen LogP contribution in [0.5, 0.6) is 5.75 Å². The van der Waals surface area contributed by atoms with Crippen LogP contribution in [0.15, 0.2) is 48.5 Å². The number of halogens is 2. The van der Waals surface area contributed by atoms with Crippen molar-refractivity contribution in [3.05, 3.63) is 81.1 Å². The van der Waals surface area contributed by atoms with Crippen molar-refractivity contribution in [2.45, 2.75) is 33.5 Å². The molecular formula is C29H30Cl2N4O5. The number of amides is 2. The Morgan fingerprint density at radius 3 is 2.52 bits per heavy atom. The first-order valence-electron chi connectivity index (χ1n) is 12.6. The van der Waals surface area contributed by atoms with E-state index in [0.29, 0.717) is 46.5 Å². The van der Waals surface area contributed by atoms with Crippen molar-refractivity contribution in [1.29, 1.82) is 0 Å². The number of rotatable bonds is 11. The van der Waals surface area contributed by atoms with Gasteiger partial charge in [-0.2, -0.15) is 0 Å². The molecule has 0 aliphatic heterocycles. The Kier molecular flexibility index (Phi) is 9.32. The molecule has 0 atom stereocenters. The van der Waals surface area contributed by atoms with E-state index in [1.165, 1.54) is 6.07 Å². The first kappa shape index (κ1) is 29.4. The van der Waals surface area contributed by atoms with Gasteiger partial charge in [-0.1, -0.05) is 29.3 Å². The van der Waals surface area contributed by atoms with Gasteiger partial charge in [0.1, 0.15) is 30.3 Å². The topological polar surface area (TPSA) is 118 Å². The van der Waals surface area contributed by atoms with E-state index in [-0.39, 0.29) is 28.9 Å². The van der Waals surface area contributed by atoms with Crippen LogP contribution in [0.3, 0.4) is 0 Å². The molecule has 0 bridgehead atoms. The molecule has 0 aliphatic carbocycles. The number of anilines is 1. The minimum Gasteiger partial charge on any atom is -0.491 e. The number of nitrogens with zero attached hydrogens (tertiary/aromatic N) is 2. The maximum absolute atomic E-state index is 13.3. The highest BCUT2D eigenvalue weighted by Crippen LogP contribution is 2.32. The Morgan fingerprint density at radius 1 is 1.05 bits per heavy atom. The lowest BCUT2D eigenvalue weighted by Gasteiger charge is -2.14. The molecule has 0 spiro atoms. The van der Waals surface area contributed by atoms with Crippen LogP contribution in [0.4, 0.5) is 5.69 Å². The highest BCUT2D eigenvalue weighted by Gasteiger charge is 2.22. The third kappa shape index (κ3) is 6.39. The second-order valence-electron chi connectivity index (χ2n) is 9.30. The molecule has 3 aromatic carbocycles. The molecule has 0 saturated carbocycles. The second-order valence-corrected chi connectivity index (χ2v) is 10.1. The maximum Gasteiger partial charge on any atom is 0.257 e. The molecule has 9 nitrogen and oxygen atoms in total. The number of carbonyl (C=O) groups is 2. The largest absolute Gasteiger partial charge is 0.491 e. The summed E-state index contributed by atoms with van der Waals surface area (Å²) in [7, 11) is 1.55. The molecule has 0 saturated heterocycles. The molecular weight excluding hydrogens is 555 g/mol. The van der Waals surface area contributed by atoms with E-state index in [1.807, 2.05) is 37.5 Å². The number of methoxy groups -OCH3 is 1. The first-order chi connectivity index (χ1) is 19.1. The van der Waals surface area contributed by atoms with Crippen LogP contribution < -0.4 is 15.8 Å². The predicted octanol–water partition coefficient (Wildman–Crippen LogP) is 5.94. The van der Waals surface area contributed by atoms with Gasteiger partial charge in [-0.3, -0.25) is 14.2 Å². The molecule has 210 valence electrons. The lowest BCUT2D eigenvalue weighted by atomic mass is 10.1. The average Bonchev–Trinajstić information content (AvgIpc) is 3.26. The fourth-order valence-electron chi connectivity index (χ4n) is 4.23. The van der Waals surface area contributed by atoms with Crippen molar-refractivity contribution in [3.63, 3.8) is 0 Å². The molecule has 0 aliphatic rings. The number of fused-ring (bicyclic) bond motifs is 1. The second kappa shape index (κ2) is 12.7. The number of primary amides is 1. The van der Waals surface area contributed by atoms with E-state index in [4.69, 9.17) is 43.1 Å². The number of imidazole rings is 1. The number of nitrogens with one attached hydrogen (secondary N) is 1. The summed E-state index contributed by atoms with van der Waals surface area (Å²) < 4.78 is 18.4. The number of benzene rings is 3. The van der Waals surface area contributed by atoms with E-state index >= 15 is 0 Å². The van der Waals surface area contributed by atoms with Crippen molar-refractivity contribution in [1.82, 2.24) is 9.55 Å². The molecule has 0 unspecified atom stereocenters. The van der Waals surface area contributed by atoms with E-state index < -0.39 is 11.8 Å². The molecule has 0 fully saturated rings.